The lowest BCUT2D eigenvalue weighted by Crippen LogP contribution is -2.04. The lowest BCUT2D eigenvalue weighted by Gasteiger charge is -2.03. The average molecular weight is 283 g/mol. The van der Waals surface area contributed by atoms with Crippen molar-refractivity contribution in [3.63, 3.8) is 0 Å². The minimum absolute atomic E-state index is 0.263. The third kappa shape index (κ3) is 2.84. The summed E-state index contributed by atoms with van der Waals surface area (Å²) in [5.74, 6) is 0.373. The van der Waals surface area contributed by atoms with Crippen molar-refractivity contribution in [1.29, 1.82) is 0 Å². The zero-order chi connectivity index (χ0) is 14.7. The van der Waals surface area contributed by atoms with Crippen LogP contribution in [0, 0.1) is 5.82 Å². The number of nitrogen functional groups attached to an aromatic ring is 1. The Bertz CT molecular complexity index is 739. The molecule has 5 nitrogen and oxygen atoms in total. The molecule has 0 saturated carbocycles. The molecule has 0 aliphatic heterocycles. The first-order valence-corrected chi connectivity index (χ1v) is 6.49. The van der Waals surface area contributed by atoms with Gasteiger partial charge in [-0.3, -0.25) is 0 Å². The Kier molecular flexibility index (Phi) is 3.51. The number of nitrogens with zero attached hydrogens (tertiary/aromatic N) is 3. The fraction of sp³-hybridized carbons (Fsp3) is 0.0667. The van der Waals surface area contributed by atoms with E-state index in [1.54, 1.807) is 18.2 Å². The summed E-state index contributed by atoms with van der Waals surface area (Å²) in [5.41, 5.74) is 7.22. The predicted molar refractivity (Wildman–Crippen MR) is 79.5 cm³/mol. The lowest BCUT2D eigenvalue weighted by molar-refractivity contribution is 0.612. The second-order valence-corrected chi connectivity index (χ2v) is 4.49. The number of para-hydroxylation sites is 1. The molecule has 0 saturated heterocycles. The van der Waals surface area contributed by atoms with Gasteiger partial charge in [-0.1, -0.05) is 36.4 Å². The third-order valence-electron chi connectivity index (χ3n) is 3.03. The minimum Gasteiger partial charge on any atom is -0.368 e. The number of benzene rings is 2. The molecule has 3 rings (SSSR count). The zero-order valence-electron chi connectivity index (χ0n) is 11.2. The Morgan fingerprint density at radius 1 is 1.05 bits per heavy atom. The first-order valence-electron chi connectivity index (χ1n) is 6.49. The fourth-order valence-electron chi connectivity index (χ4n) is 1.97. The molecule has 0 aliphatic carbocycles. The van der Waals surface area contributed by atoms with Crippen LogP contribution in [0.1, 0.15) is 5.56 Å². The Hall–Kier alpha value is -2.89. The number of nitrogens with one attached hydrogen (secondary N) is 1. The first kappa shape index (κ1) is 13.1. The molecular formula is C15H14FN5. The monoisotopic (exact) mass is 283 g/mol. The highest BCUT2D eigenvalue weighted by atomic mass is 19.1. The highest BCUT2D eigenvalue weighted by Gasteiger charge is 2.09. The van der Waals surface area contributed by atoms with Crippen molar-refractivity contribution in [3.8, 4) is 5.69 Å². The van der Waals surface area contributed by atoms with Crippen LogP contribution >= 0.6 is 0 Å². The van der Waals surface area contributed by atoms with Crippen LogP contribution in [0.15, 0.2) is 54.6 Å². The molecule has 0 atom stereocenters. The maximum Gasteiger partial charge on any atom is 0.244 e. The van der Waals surface area contributed by atoms with Crippen molar-refractivity contribution < 1.29 is 4.39 Å². The van der Waals surface area contributed by atoms with Gasteiger partial charge in [0.25, 0.3) is 0 Å². The average Bonchev–Trinajstić information content (AvgIpc) is 2.88. The van der Waals surface area contributed by atoms with E-state index in [0.717, 1.165) is 5.69 Å². The van der Waals surface area contributed by atoms with Gasteiger partial charge in [0.2, 0.25) is 11.9 Å². The summed E-state index contributed by atoms with van der Waals surface area (Å²) in [6.07, 6.45) is 0. The SMILES string of the molecule is Nc1nc(NCc2ccccc2F)nn1-c1ccccc1. The van der Waals surface area contributed by atoms with Gasteiger partial charge in [0, 0.05) is 12.1 Å². The lowest BCUT2D eigenvalue weighted by atomic mass is 10.2. The number of hydrogen-bond donors (Lipinski definition) is 2. The fourth-order valence-corrected chi connectivity index (χ4v) is 1.97. The van der Waals surface area contributed by atoms with Crippen LogP contribution in [0.2, 0.25) is 0 Å². The molecule has 1 heterocycles. The number of aromatic nitrogens is 3. The summed E-state index contributed by atoms with van der Waals surface area (Å²) < 4.78 is 15.1. The van der Waals surface area contributed by atoms with E-state index >= 15 is 0 Å². The van der Waals surface area contributed by atoms with Gasteiger partial charge in [-0.15, -0.1) is 5.10 Å². The van der Waals surface area contributed by atoms with Gasteiger partial charge in [0.1, 0.15) is 5.82 Å². The van der Waals surface area contributed by atoms with Crippen molar-refractivity contribution in [1.82, 2.24) is 14.8 Å². The van der Waals surface area contributed by atoms with Gasteiger partial charge in [-0.2, -0.15) is 9.67 Å². The zero-order valence-corrected chi connectivity index (χ0v) is 11.2. The highest BCUT2D eigenvalue weighted by molar-refractivity contribution is 5.42. The van der Waals surface area contributed by atoms with E-state index in [1.807, 2.05) is 30.3 Å². The molecule has 0 unspecified atom stereocenters. The maximum atomic E-state index is 13.5. The predicted octanol–water partition coefficient (Wildman–Crippen LogP) is 2.60. The van der Waals surface area contributed by atoms with Crippen molar-refractivity contribution >= 4 is 11.9 Å². The molecule has 0 fully saturated rings. The molecule has 0 amide bonds. The Labute approximate surface area is 121 Å². The highest BCUT2D eigenvalue weighted by Crippen LogP contribution is 2.14. The molecule has 0 aliphatic rings. The first-order chi connectivity index (χ1) is 10.2. The van der Waals surface area contributed by atoms with Crippen LogP contribution in [-0.2, 0) is 6.54 Å². The summed E-state index contributed by atoms with van der Waals surface area (Å²) in [6.45, 7) is 0.297. The molecule has 6 heteroatoms. The van der Waals surface area contributed by atoms with E-state index in [2.05, 4.69) is 15.4 Å². The molecule has 1 aromatic heterocycles. The van der Waals surface area contributed by atoms with E-state index in [0.29, 0.717) is 18.1 Å². The van der Waals surface area contributed by atoms with Gasteiger partial charge in [0.05, 0.1) is 5.69 Å². The van der Waals surface area contributed by atoms with Gasteiger partial charge in [-0.25, -0.2) is 4.39 Å². The second kappa shape index (κ2) is 5.62. The normalized spacial score (nSPS) is 10.5. The smallest absolute Gasteiger partial charge is 0.244 e. The maximum absolute atomic E-state index is 13.5. The van der Waals surface area contributed by atoms with Gasteiger partial charge in [0.15, 0.2) is 0 Å². The Balaban J connectivity index is 1.78. The van der Waals surface area contributed by atoms with Crippen molar-refractivity contribution in [2.75, 3.05) is 11.1 Å². The second-order valence-electron chi connectivity index (χ2n) is 4.49. The third-order valence-corrected chi connectivity index (χ3v) is 3.03. The molecular weight excluding hydrogens is 269 g/mol. The number of halogens is 1. The molecule has 106 valence electrons. The topological polar surface area (TPSA) is 68.8 Å². The van der Waals surface area contributed by atoms with E-state index in [1.165, 1.54) is 10.7 Å². The number of rotatable bonds is 4. The minimum atomic E-state index is -0.263. The summed E-state index contributed by atoms with van der Waals surface area (Å²) >= 11 is 0. The van der Waals surface area contributed by atoms with E-state index in [4.69, 9.17) is 5.73 Å². The summed E-state index contributed by atoms with van der Waals surface area (Å²) in [4.78, 5) is 4.13. The van der Waals surface area contributed by atoms with Crippen molar-refractivity contribution in [2.45, 2.75) is 6.54 Å². The molecule has 0 spiro atoms. The molecule has 0 bridgehead atoms. The quantitative estimate of drug-likeness (QED) is 0.772. The van der Waals surface area contributed by atoms with Crippen LogP contribution in [0.5, 0.6) is 0 Å². The van der Waals surface area contributed by atoms with Gasteiger partial charge < -0.3 is 11.1 Å². The molecule has 0 radical (unpaired) electrons. The molecule has 2 aromatic carbocycles. The van der Waals surface area contributed by atoms with Crippen LogP contribution < -0.4 is 11.1 Å². The van der Waals surface area contributed by atoms with Crippen LogP contribution in [0.3, 0.4) is 0 Å². The van der Waals surface area contributed by atoms with Crippen molar-refractivity contribution in [2.24, 2.45) is 0 Å². The molecule has 3 N–H and O–H groups in total. The Morgan fingerprint density at radius 3 is 2.52 bits per heavy atom. The van der Waals surface area contributed by atoms with Crippen molar-refractivity contribution in [3.05, 3.63) is 66.0 Å². The number of nitrogens with two attached hydrogens (primary N) is 1. The molecule has 21 heavy (non-hydrogen) atoms. The number of hydrogen-bond acceptors (Lipinski definition) is 4. The van der Waals surface area contributed by atoms with Crippen LogP contribution in [0.4, 0.5) is 16.3 Å². The Morgan fingerprint density at radius 2 is 1.76 bits per heavy atom. The van der Waals surface area contributed by atoms with Gasteiger partial charge >= 0.3 is 0 Å². The summed E-state index contributed by atoms with van der Waals surface area (Å²) in [7, 11) is 0. The molecule has 3 aromatic rings. The summed E-state index contributed by atoms with van der Waals surface area (Å²) in [6, 6.07) is 16.0. The van der Waals surface area contributed by atoms with E-state index < -0.39 is 0 Å². The largest absolute Gasteiger partial charge is 0.368 e. The summed E-state index contributed by atoms with van der Waals surface area (Å²) in [5, 5.41) is 7.24. The standard InChI is InChI=1S/C15H14FN5/c16-13-9-5-4-6-11(13)10-18-15-19-14(17)21(20-15)12-7-2-1-3-8-12/h1-9H,10H2,(H3,17,18,19,20). The number of anilines is 2. The van der Waals surface area contributed by atoms with Gasteiger partial charge in [-0.05, 0) is 18.2 Å². The van der Waals surface area contributed by atoms with Crippen LogP contribution in [0.25, 0.3) is 5.69 Å². The van der Waals surface area contributed by atoms with E-state index in [9.17, 15) is 4.39 Å². The van der Waals surface area contributed by atoms with E-state index in [-0.39, 0.29) is 11.8 Å². The van der Waals surface area contributed by atoms with Crippen LogP contribution in [-0.4, -0.2) is 14.8 Å².